The molecule has 0 unspecified atom stereocenters. The first-order valence-corrected chi connectivity index (χ1v) is 10.6. The van der Waals surface area contributed by atoms with Gasteiger partial charge in [0.2, 0.25) is 10.0 Å². The molecule has 7 nitrogen and oxygen atoms in total. The molecular formula is C16H19BrF2N2O5S. The Morgan fingerprint density at radius 1 is 1.30 bits per heavy atom. The van der Waals surface area contributed by atoms with Gasteiger partial charge in [0, 0.05) is 23.6 Å². The number of hydrogen-bond acceptors (Lipinski definition) is 5. The van der Waals surface area contributed by atoms with Gasteiger partial charge in [0.1, 0.15) is 5.82 Å². The summed E-state index contributed by atoms with van der Waals surface area (Å²) in [6.45, 7) is 1.36. The average molecular weight is 469 g/mol. The number of carbonyl (C=O) groups excluding carboxylic acids is 2. The lowest BCUT2D eigenvalue weighted by molar-refractivity contribution is -0.152. The van der Waals surface area contributed by atoms with E-state index in [2.05, 4.69) is 21.2 Å². The highest BCUT2D eigenvalue weighted by Crippen LogP contribution is 2.27. The largest absolute Gasteiger partial charge is 0.455 e. The molecule has 0 bridgehead atoms. The molecule has 1 aromatic rings. The number of ether oxygens (including phenoxy) is 1. The van der Waals surface area contributed by atoms with Crippen LogP contribution in [0.5, 0.6) is 0 Å². The van der Waals surface area contributed by atoms with Gasteiger partial charge in [0.15, 0.2) is 12.4 Å². The minimum absolute atomic E-state index is 0.00219. The SMILES string of the molecule is CCS(=O)(=O)N1CCC(C(=O)OCC(=O)Nc2c(F)cc(F)cc2Br)CC1. The molecule has 1 heterocycles. The highest BCUT2D eigenvalue weighted by Gasteiger charge is 2.31. The zero-order valence-corrected chi connectivity index (χ0v) is 16.9. The van der Waals surface area contributed by atoms with E-state index in [0.717, 1.165) is 6.07 Å². The van der Waals surface area contributed by atoms with E-state index < -0.39 is 46.1 Å². The van der Waals surface area contributed by atoms with Gasteiger partial charge >= 0.3 is 5.97 Å². The monoisotopic (exact) mass is 468 g/mol. The van der Waals surface area contributed by atoms with Crippen LogP contribution in [-0.4, -0.2) is 50.0 Å². The lowest BCUT2D eigenvalue weighted by Gasteiger charge is -2.29. The standard InChI is InChI=1S/C16H19BrF2N2O5S/c1-2-27(24,25)21-5-3-10(4-6-21)16(23)26-9-14(22)20-15-12(17)7-11(18)8-13(15)19/h7-8,10H,2-6,9H2,1H3,(H,20,22). The topological polar surface area (TPSA) is 92.8 Å². The number of amides is 1. The summed E-state index contributed by atoms with van der Waals surface area (Å²) in [4.78, 5) is 23.9. The number of carbonyl (C=O) groups is 2. The second kappa shape index (κ2) is 9.07. The number of rotatable bonds is 6. The number of piperidine rings is 1. The van der Waals surface area contributed by atoms with Crippen LogP contribution < -0.4 is 5.32 Å². The molecular weight excluding hydrogens is 450 g/mol. The van der Waals surface area contributed by atoms with Crippen LogP contribution in [0.3, 0.4) is 0 Å². The van der Waals surface area contributed by atoms with Gasteiger partial charge < -0.3 is 10.1 Å². The molecule has 0 aliphatic carbocycles. The predicted octanol–water partition coefficient (Wildman–Crippen LogP) is 2.27. The van der Waals surface area contributed by atoms with Crippen LogP contribution in [0.2, 0.25) is 0 Å². The molecule has 0 atom stereocenters. The summed E-state index contributed by atoms with van der Waals surface area (Å²) in [5.41, 5.74) is -0.254. The van der Waals surface area contributed by atoms with Crippen molar-refractivity contribution in [3.8, 4) is 0 Å². The number of nitrogens with one attached hydrogen (secondary N) is 1. The third kappa shape index (κ3) is 5.69. The van der Waals surface area contributed by atoms with E-state index in [1.165, 1.54) is 4.31 Å². The number of hydrogen-bond donors (Lipinski definition) is 1. The number of halogens is 3. The zero-order chi connectivity index (χ0) is 20.2. The fraction of sp³-hybridized carbons (Fsp3) is 0.500. The van der Waals surface area contributed by atoms with Gasteiger partial charge in [-0.2, -0.15) is 0 Å². The molecule has 27 heavy (non-hydrogen) atoms. The maximum atomic E-state index is 13.7. The summed E-state index contributed by atoms with van der Waals surface area (Å²) in [5, 5.41) is 2.21. The maximum absolute atomic E-state index is 13.7. The smallest absolute Gasteiger partial charge is 0.309 e. The van der Waals surface area contributed by atoms with Crippen LogP contribution in [0.25, 0.3) is 0 Å². The Morgan fingerprint density at radius 3 is 2.48 bits per heavy atom. The Labute approximate surface area is 164 Å². The highest BCUT2D eigenvalue weighted by atomic mass is 79.9. The van der Waals surface area contributed by atoms with Crippen molar-refractivity contribution in [2.24, 2.45) is 5.92 Å². The number of benzene rings is 1. The van der Waals surface area contributed by atoms with Crippen molar-refractivity contribution >= 4 is 43.5 Å². The molecule has 0 radical (unpaired) electrons. The molecule has 1 fully saturated rings. The maximum Gasteiger partial charge on any atom is 0.309 e. The molecule has 0 saturated carbocycles. The van der Waals surface area contributed by atoms with Gasteiger partial charge in [-0.05, 0) is 41.8 Å². The van der Waals surface area contributed by atoms with E-state index in [0.29, 0.717) is 18.9 Å². The molecule has 1 aromatic carbocycles. The van der Waals surface area contributed by atoms with Crippen LogP contribution in [0.15, 0.2) is 16.6 Å². The summed E-state index contributed by atoms with van der Waals surface area (Å²) in [7, 11) is -3.29. The molecule has 1 aliphatic rings. The van der Waals surface area contributed by atoms with E-state index >= 15 is 0 Å². The number of nitrogens with zero attached hydrogens (tertiary/aromatic N) is 1. The molecule has 11 heteroatoms. The Hall–Kier alpha value is -1.59. The molecule has 2 rings (SSSR count). The van der Waals surface area contributed by atoms with Crippen molar-refractivity contribution in [1.29, 1.82) is 0 Å². The molecule has 1 saturated heterocycles. The number of esters is 1. The van der Waals surface area contributed by atoms with E-state index in [9.17, 15) is 26.8 Å². The number of anilines is 1. The van der Waals surface area contributed by atoms with Gasteiger partial charge in [-0.25, -0.2) is 21.5 Å². The van der Waals surface area contributed by atoms with Crippen LogP contribution >= 0.6 is 15.9 Å². The van der Waals surface area contributed by atoms with Gasteiger partial charge in [0.25, 0.3) is 5.91 Å². The van der Waals surface area contributed by atoms with Gasteiger partial charge in [-0.1, -0.05) is 0 Å². The Bertz CT molecular complexity index is 803. The normalized spacial score (nSPS) is 16.1. The summed E-state index contributed by atoms with van der Waals surface area (Å²) in [6, 6.07) is 1.60. The third-order valence-electron chi connectivity index (χ3n) is 4.16. The molecule has 0 spiro atoms. The van der Waals surface area contributed by atoms with Gasteiger partial charge in [-0.15, -0.1) is 0 Å². The molecule has 0 aromatic heterocycles. The van der Waals surface area contributed by atoms with E-state index in [-0.39, 0.29) is 29.0 Å². The first-order chi connectivity index (χ1) is 12.6. The molecule has 1 N–H and O–H groups in total. The van der Waals surface area contributed by atoms with Crippen molar-refractivity contribution in [3.63, 3.8) is 0 Å². The van der Waals surface area contributed by atoms with Crippen LogP contribution in [0.1, 0.15) is 19.8 Å². The van der Waals surface area contributed by atoms with Crippen LogP contribution in [0, 0.1) is 17.6 Å². The molecule has 1 amide bonds. The second-order valence-corrected chi connectivity index (χ2v) is 9.09. The first-order valence-electron chi connectivity index (χ1n) is 8.23. The summed E-state index contributed by atoms with van der Waals surface area (Å²) < 4.78 is 56.6. The highest BCUT2D eigenvalue weighted by molar-refractivity contribution is 9.10. The Balaban J connectivity index is 1.83. The second-order valence-electron chi connectivity index (χ2n) is 5.97. The van der Waals surface area contributed by atoms with E-state index in [1.54, 1.807) is 6.92 Å². The molecule has 1 aliphatic heterocycles. The first kappa shape index (κ1) is 21.7. The Morgan fingerprint density at radius 2 is 1.93 bits per heavy atom. The van der Waals surface area contributed by atoms with Crippen molar-refractivity contribution < 1.29 is 31.5 Å². The minimum atomic E-state index is -3.29. The Kier molecular flexibility index (Phi) is 7.29. The van der Waals surface area contributed by atoms with Gasteiger partial charge in [0.05, 0.1) is 17.4 Å². The lowest BCUT2D eigenvalue weighted by Crippen LogP contribution is -2.41. The summed E-state index contributed by atoms with van der Waals surface area (Å²) >= 11 is 2.94. The van der Waals surface area contributed by atoms with Gasteiger partial charge in [-0.3, -0.25) is 9.59 Å². The van der Waals surface area contributed by atoms with Crippen LogP contribution in [0.4, 0.5) is 14.5 Å². The molecule has 150 valence electrons. The fourth-order valence-corrected chi connectivity index (χ4v) is 4.28. The quantitative estimate of drug-likeness (QED) is 0.646. The lowest BCUT2D eigenvalue weighted by atomic mass is 9.98. The average Bonchev–Trinajstić information content (AvgIpc) is 2.62. The summed E-state index contributed by atoms with van der Waals surface area (Å²) in [5.74, 6) is -3.67. The number of sulfonamides is 1. The zero-order valence-electron chi connectivity index (χ0n) is 14.5. The summed E-state index contributed by atoms with van der Waals surface area (Å²) in [6.07, 6.45) is 0.607. The minimum Gasteiger partial charge on any atom is -0.455 e. The van der Waals surface area contributed by atoms with Crippen molar-refractivity contribution in [1.82, 2.24) is 4.31 Å². The third-order valence-corrected chi connectivity index (χ3v) is 6.67. The van der Waals surface area contributed by atoms with Crippen LogP contribution in [-0.2, 0) is 24.3 Å². The fourth-order valence-electron chi connectivity index (χ4n) is 2.64. The van der Waals surface area contributed by atoms with E-state index in [1.807, 2.05) is 0 Å². The predicted molar refractivity (Wildman–Crippen MR) is 97.4 cm³/mol. The van der Waals surface area contributed by atoms with Crippen molar-refractivity contribution in [3.05, 3.63) is 28.2 Å². The van der Waals surface area contributed by atoms with Crippen molar-refractivity contribution in [2.75, 3.05) is 30.8 Å². The van der Waals surface area contributed by atoms with E-state index in [4.69, 9.17) is 4.74 Å². The van der Waals surface area contributed by atoms with Crippen molar-refractivity contribution in [2.45, 2.75) is 19.8 Å².